The van der Waals surface area contributed by atoms with Crippen LogP contribution in [-0.2, 0) is 9.53 Å². The number of nitrogens with zero attached hydrogens (tertiary/aromatic N) is 4. The Morgan fingerprint density at radius 1 is 1.03 bits per heavy atom. The van der Waals surface area contributed by atoms with Crippen molar-refractivity contribution in [3.05, 3.63) is 126 Å². The fourth-order valence-corrected chi connectivity index (χ4v) is 6.44. The zero-order chi connectivity index (χ0) is 26.2. The third-order valence-corrected chi connectivity index (χ3v) is 8.24. The fraction of sp³-hybridized carbons (Fsp3) is 0.103. The van der Waals surface area contributed by atoms with E-state index in [2.05, 4.69) is 4.99 Å². The van der Waals surface area contributed by atoms with Crippen molar-refractivity contribution in [2.75, 3.05) is 7.11 Å². The molecule has 0 N–H and O–H groups in total. The molecule has 4 heterocycles. The first-order chi connectivity index (χ1) is 18.5. The number of fused-ring (bicyclic) bond motifs is 1. The highest BCUT2D eigenvalue weighted by Gasteiger charge is 2.33. The van der Waals surface area contributed by atoms with E-state index in [1.165, 1.54) is 29.8 Å². The van der Waals surface area contributed by atoms with Crippen molar-refractivity contribution in [1.29, 1.82) is 0 Å². The summed E-state index contributed by atoms with van der Waals surface area (Å²) in [5.41, 5.74) is 4.14. The number of thiazole rings is 1. The molecule has 0 bridgehead atoms. The maximum atomic E-state index is 13.9. The summed E-state index contributed by atoms with van der Waals surface area (Å²) in [7, 11) is 1.34. The summed E-state index contributed by atoms with van der Waals surface area (Å²) < 4.78 is 9.00. The Morgan fingerprint density at radius 3 is 2.45 bits per heavy atom. The van der Waals surface area contributed by atoms with Crippen LogP contribution in [-0.4, -0.2) is 27.4 Å². The first kappa shape index (κ1) is 24.0. The molecular formula is C29H22N4O3S2. The van der Waals surface area contributed by atoms with Crippen molar-refractivity contribution in [3.63, 3.8) is 0 Å². The largest absolute Gasteiger partial charge is 0.466 e. The molecule has 0 unspecified atom stereocenters. The van der Waals surface area contributed by atoms with Crippen molar-refractivity contribution < 1.29 is 9.53 Å². The number of hydrogen-bond donors (Lipinski definition) is 0. The summed E-state index contributed by atoms with van der Waals surface area (Å²) in [4.78, 5) is 32.7. The van der Waals surface area contributed by atoms with Gasteiger partial charge in [-0.1, -0.05) is 65.9 Å². The lowest BCUT2D eigenvalue weighted by molar-refractivity contribution is -0.136. The number of benzene rings is 2. The minimum atomic E-state index is -0.596. The molecule has 0 amide bonds. The van der Waals surface area contributed by atoms with Gasteiger partial charge in [0.05, 0.1) is 34.3 Å². The molecule has 1 aliphatic rings. The van der Waals surface area contributed by atoms with Gasteiger partial charge >= 0.3 is 5.97 Å². The van der Waals surface area contributed by atoms with Gasteiger partial charge in [-0.15, -0.1) is 11.3 Å². The second-order valence-corrected chi connectivity index (χ2v) is 10.7. The minimum absolute atomic E-state index is 0.215. The Morgan fingerprint density at radius 2 is 1.76 bits per heavy atom. The Labute approximate surface area is 225 Å². The standard InChI is InChI=1S/C29H22N4O3S2/c1-18-24(28(35)36-2)26(22-14-9-15-37-22)33-27(34)23(38-29(33)30-18)16-20-17-32(21-12-7-4-8-13-21)31-25(20)19-10-5-3-6-11-19/h3-17,26H,1-2H3/b23-16-/t26-/m1/s1. The number of allylic oxidation sites excluding steroid dienone is 1. The summed E-state index contributed by atoms with van der Waals surface area (Å²) in [6.07, 6.45) is 3.79. The molecule has 5 aromatic rings. The minimum Gasteiger partial charge on any atom is -0.466 e. The van der Waals surface area contributed by atoms with Crippen LogP contribution in [0.4, 0.5) is 0 Å². The van der Waals surface area contributed by atoms with Crippen LogP contribution < -0.4 is 14.9 Å². The number of methoxy groups -OCH3 is 1. The summed E-state index contributed by atoms with van der Waals surface area (Å²) in [5.74, 6) is -0.491. The van der Waals surface area contributed by atoms with E-state index in [-0.39, 0.29) is 5.56 Å². The van der Waals surface area contributed by atoms with Gasteiger partial charge in [0, 0.05) is 22.2 Å². The van der Waals surface area contributed by atoms with E-state index in [1.54, 1.807) is 11.5 Å². The topological polar surface area (TPSA) is 78.5 Å². The average Bonchev–Trinajstić information content (AvgIpc) is 3.69. The van der Waals surface area contributed by atoms with Gasteiger partial charge in [0.25, 0.3) is 5.56 Å². The molecule has 0 spiro atoms. The molecule has 0 saturated carbocycles. The quantitative estimate of drug-likeness (QED) is 0.312. The Hall–Kier alpha value is -4.34. The molecule has 2 aromatic carbocycles. The zero-order valence-corrected chi connectivity index (χ0v) is 22.2. The lowest BCUT2D eigenvalue weighted by Crippen LogP contribution is -2.39. The van der Waals surface area contributed by atoms with Crippen molar-refractivity contribution in [2.24, 2.45) is 4.99 Å². The van der Waals surface area contributed by atoms with Gasteiger partial charge in [-0.3, -0.25) is 9.36 Å². The van der Waals surface area contributed by atoms with Crippen LogP contribution >= 0.6 is 22.7 Å². The fourth-order valence-electron chi connectivity index (χ4n) is 4.58. The number of thiophene rings is 1. The monoisotopic (exact) mass is 538 g/mol. The highest BCUT2D eigenvalue weighted by molar-refractivity contribution is 7.10. The highest BCUT2D eigenvalue weighted by atomic mass is 32.1. The molecule has 0 aliphatic carbocycles. The second kappa shape index (κ2) is 9.85. The Balaban J connectivity index is 1.56. The molecule has 0 saturated heterocycles. The molecule has 1 aliphatic heterocycles. The number of rotatable bonds is 5. The van der Waals surface area contributed by atoms with Crippen LogP contribution in [0.3, 0.4) is 0 Å². The van der Waals surface area contributed by atoms with Gasteiger partial charge < -0.3 is 4.74 Å². The van der Waals surface area contributed by atoms with Crippen molar-refractivity contribution in [2.45, 2.75) is 13.0 Å². The number of esters is 1. The molecular weight excluding hydrogens is 516 g/mol. The van der Waals surface area contributed by atoms with Crippen LogP contribution in [0.15, 0.2) is 105 Å². The summed E-state index contributed by atoms with van der Waals surface area (Å²) in [5, 5.41) is 6.79. The Bertz CT molecular complexity index is 1850. The third kappa shape index (κ3) is 4.15. The van der Waals surface area contributed by atoms with E-state index in [4.69, 9.17) is 9.84 Å². The predicted molar refractivity (Wildman–Crippen MR) is 149 cm³/mol. The van der Waals surface area contributed by atoms with E-state index in [1.807, 2.05) is 95.1 Å². The molecule has 0 radical (unpaired) electrons. The maximum Gasteiger partial charge on any atom is 0.338 e. The van der Waals surface area contributed by atoms with Gasteiger partial charge in [0.1, 0.15) is 6.04 Å². The van der Waals surface area contributed by atoms with E-state index in [0.717, 1.165) is 27.4 Å². The molecule has 7 nitrogen and oxygen atoms in total. The smallest absolute Gasteiger partial charge is 0.338 e. The number of hydrogen-bond acceptors (Lipinski definition) is 7. The van der Waals surface area contributed by atoms with Crippen LogP contribution in [0.5, 0.6) is 0 Å². The van der Waals surface area contributed by atoms with Crippen molar-refractivity contribution in [1.82, 2.24) is 14.3 Å². The van der Waals surface area contributed by atoms with E-state index in [9.17, 15) is 9.59 Å². The zero-order valence-electron chi connectivity index (χ0n) is 20.6. The van der Waals surface area contributed by atoms with Crippen molar-refractivity contribution >= 4 is 34.7 Å². The highest BCUT2D eigenvalue weighted by Crippen LogP contribution is 2.33. The van der Waals surface area contributed by atoms with Crippen LogP contribution in [0.2, 0.25) is 0 Å². The van der Waals surface area contributed by atoms with Crippen LogP contribution in [0, 0.1) is 0 Å². The van der Waals surface area contributed by atoms with E-state index in [0.29, 0.717) is 20.6 Å². The van der Waals surface area contributed by atoms with Crippen molar-refractivity contribution in [3.8, 4) is 16.9 Å². The molecule has 0 fully saturated rings. The second-order valence-electron chi connectivity index (χ2n) is 8.67. The molecule has 3 aromatic heterocycles. The summed E-state index contributed by atoms with van der Waals surface area (Å²) in [6, 6.07) is 23.0. The number of carbonyl (C=O) groups is 1. The Kier molecular flexibility index (Phi) is 6.22. The summed E-state index contributed by atoms with van der Waals surface area (Å²) in [6.45, 7) is 1.78. The van der Waals surface area contributed by atoms with E-state index >= 15 is 0 Å². The van der Waals surface area contributed by atoms with Gasteiger partial charge in [0.2, 0.25) is 0 Å². The molecule has 6 rings (SSSR count). The normalized spacial score (nSPS) is 15.3. The van der Waals surface area contributed by atoms with Gasteiger partial charge in [-0.05, 0) is 36.6 Å². The molecule has 188 valence electrons. The first-order valence-corrected chi connectivity index (χ1v) is 13.6. The van der Waals surface area contributed by atoms with Gasteiger partial charge in [0.15, 0.2) is 4.80 Å². The number of carbonyl (C=O) groups excluding carboxylic acids is 1. The SMILES string of the molecule is COC(=O)C1=C(C)N=c2s/c(=C\c3cn(-c4ccccc4)nc3-c3ccccc3)c(=O)n2[C@@H]1c1cccs1. The predicted octanol–water partition coefficient (Wildman–Crippen LogP) is 4.32. The molecule has 38 heavy (non-hydrogen) atoms. The average molecular weight is 539 g/mol. The number of para-hydroxylation sites is 1. The summed E-state index contributed by atoms with van der Waals surface area (Å²) >= 11 is 2.79. The lowest BCUT2D eigenvalue weighted by atomic mass is 10.0. The maximum absolute atomic E-state index is 13.9. The lowest BCUT2D eigenvalue weighted by Gasteiger charge is -2.22. The van der Waals surface area contributed by atoms with Crippen LogP contribution in [0.1, 0.15) is 23.4 Å². The number of ether oxygens (including phenoxy) is 1. The van der Waals surface area contributed by atoms with Crippen LogP contribution in [0.25, 0.3) is 23.0 Å². The third-order valence-electron chi connectivity index (χ3n) is 6.34. The van der Waals surface area contributed by atoms with Gasteiger partial charge in [-0.2, -0.15) is 5.10 Å². The van der Waals surface area contributed by atoms with E-state index < -0.39 is 12.0 Å². The molecule has 1 atom stereocenters. The number of aromatic nitrogens is 3. The first-order valence-electron chi connectivity index (χ1n) is 11.9. The molecule has 9 heteroatoms. The van der Waals surface area contributed by atoms with Gasteiger partial charge in [-0.25, -0.2) is 14.5 Å².